The highest BCUT2D eigenvalue weighted by Crippen LogP contribution is 2.24. The number of hydrogen-bond donors (Lipinski definition) is 0. The first-order valence-corrected chi connectivity index (χ1v) is 6.19. The van der Waals surface area contributed by atoms with Gasteiger partial charge in [0.1, 0.15) is 0 Å². The average molecular weight is 253 g/mol. The molecule has 0 bridgehead atoms. The molecule has 1 unspecified atom stereocenters. The van der Waals surface area contributed by atoms with Gasteiger partial charge in [0, 0.05) is 36.9 Å². The lowest BCUT2D eigenvalue weighted by Gasteiger charge is -2.39. The molecular weight excluding hydrogens is 236 g/mol. The summed E-state index contributed by atoms with van der Waals surface area (Å²) in [6.07, 6.45) is 0.790. The predicted molar refractivity (Wildman–Crippen MR) is 71.1 cm³/mol. The zero-order chi connectivity index (χ0) is 12.4. The van der Waals surface area contributed by atoms with Crippen LogP contribution in [0.5, 0.6) is 0 Å². The molecule has 2 rings (SSSR count). The van der Waals surface area contributed by atoms with E-state index in [0.29, 0.717) is 16.6 Å². The van der Waals surface area contributed by atoms with Crippen molar-refractivity contribution in [2.45, 2.75) is 13.0 Å². The summed E-state index contributed by atoms with van der Waals surface area (Å²) >= 11 is 6.05. The number of hydrogen-bond acceptors (Lipinski definition) is 3. The molecule has 0 radical (unpaired) electrons. The molecule has 3 nitrogen and oxygen atoms in total. The second-order valence-electron chi connectivity index (χ2n) is 4.60. The Morgan fingerprint density at radius 3 is 2.76 bits per heavy atom. The largest absolute Gasteiger partial charge is 0.369 e. The monoisotopic (exact) mass is 252 g/mol. The third-order valence-electron chi connectivity index (χ3n) is 3.44. The van der Waals surface area contributed by atoms with E-state index in [1.54, 1.807) is 6.07 Å². The van der Waals surface area contributed by atoms with E-state index in [9.17, 15) is 4.79 Å². The highest BCUT2D eigenvalue weighted by atomic mass is 35.5. The fourth-order valence-electron chi connectivity index (χ4n) is 2.09. The summed E-state index contributed by atoms with van der Waals surface area (Å²) in [4.78, 5) is 15.4. The van der Waals surface area contributed by atoms with Crippen LogP contribution in [0, 0.1) is 0 Å². The fourth-order valence-corrected chi connectivity index (χ4v) is 2.31. The fraction of sp³-hybridized carbons (Fsp3) is 0.462. The Hall–Kier alpha value is -1.06. The molecule has 1 saturated heterocycles. The van der Waals surface area contributed by atoms with Crippen molar-refractivity contribution in [3.8, 4) is 0 Å². The number of nitrogens with zero attached hydrogens (tertiary/aromatic N) is 2. The Morgan fingerprint density at radius 2 is 2.18 bits per heavy atom. The van der Waals surface area contributed by atoms with Crippen molar-refractivity contribution in [3.05, 3.63) is 28.8 Å². The quantitative estimate of drug-likeness (QED) is 0.755. The maximum atomic E-state index is 10.7. The second-order valence-corrected chi connectivity index (χ2v) is 5.01. The number of carbonyl (C=O) groups is 1. The predicted octanol–water partition coefficient (Wildman–Crippen LogP) is 2.29. The molecule has 92 valence electrons. The van der Waals surface area contributed by atoms with Crippen LogP contribution in [-0.4, -0.2) is 43.9 Å². The highest BCUT2D eigenvalue weighted by molar-refractivity contribution is 6.33. The van der Waals surface area contributed by atoms with Gasteiger partial charge in [-0.15, -0.1) is 0 Å². The second kappa shape index (κ2) is 5.07. The first kappa shape index (κ1) is 12.4. The van der Waals surface area contributed by atoms with Gasteiger partial charge < -0.3 is 9.80 Å². The smallest absolute Gasteiger partial charge is 0.151 e. The SMILES string of the molecule is CC1CN(c2ccc(C=O)c(Cl)c2)CCN1C. The minimum atomic E-state index is 0.532. The average Bonchev–Trinajstić information content (AvgIpc) is 2.32. The number of halogens is 1. The van der Waals surface area contributed by atoms with Crippen LogP contribution in [0.15, 0.2) is 18.2 Å². The van der Waals surface area contributed by atoms with Crippen LogP contribution in [0.3, 0.4) is 0 Å². The van der Waals surface area contributed by atoms with E-state index in [0.717, 1.165) is 31.6 Å². The number of piperazine rings is 1. The standard InChI is InChI=1S/C13H17ClN2O/c1-10-8-16(6-5-15(10)2)12-4-3-11(9-17)13(14)7-12/h3-4,7,9-10H,5-6,8H2,1-2H3. The molecular formula is C13H17ClN2O. The Balaban J connectivity index is 2.18. The van der Waals surface area contributed by atoms with Crippen LogP contribution in [0.2, 0.25) is 5.02 Å². The first-order valence-electron chi connectivity index (χ1n) is 5.81. The van der Waals surface area contributed by atoms with E-state index in [2.05, 4.69) is 23.8 Å². The van der Waals surface area contributed by atoms with Crippen molar-refractivity contribution in [2.75, 3.05) is 31.6 Å². The van der Waals surface area contributed by atoms with Crippen molar-refractivity contribution in [2.24, 2.45) is 0 Å². The summed E-state index contributed by atoms with van der Waals surface area (Å²) < 4.78 is 0. The number of rotatable bonds is 2. The van der Waals surface area contributed by atoms with Gasteiger partial charge in [-0.05, 0) is 32.2 Å². The van der Waals surface area contributed by atoms with Crippen molar-refractivity contribution in [1.82, 2.24) is 4.90 Å². The maximum Gasteiger partial charge on any atom is 0.151 e. The van der Waals surface area contributed by atoms with Crippen molar-refractivity contribution < 1.29 is 4.79 Å². The lowest BCUT2D eigenvalue weighted by Crippen LogP contribution is -2.50. The molecule has 17 heavy (non-hydrogen) atoms. The molecule has 0 aromatic heterocycles. The normalized spacial score (nSPS) is 21.6. The molecule has 0 spiro atoms. The number of benzene rings is 1. The topological polar surface area (TPSA) is 23.6 Å². The van der Waals surface area contributed by atoms with Crippen LogP contribution in [0.4, 0.5) is 5.69 Å². The van der Waals surface area contributed by atoms with E-state index >= 15 is 0 Å². The summed E-state index contributed by atoms with van der Waals surface area (Å²) in [5, 5.41) is 0.532. The molecule has 4 heteroatoms. The van der Waals surface area contributed by atoms with Gasteiger partial charge in [0.2, 0.25) is 0 Å². The maximum absolute atomic E-state index is 10.7. The molecule has 1 aromatic rings. The van der Waals surface area contributed by atoms with Crippen molar-refractivity contribution in [3.63, 3.8) is 0 Å². The van der Waals surface area contributed by atoms with Gasteiger partial charge in [0.15, 0.2) is 6.29 Å². The molecule has 1 atom stereocenters. The molecule has 1 fully saturated rings. The molecule has 0 N–H and O–H groups in total. The third kappa shape index (κ3) is 2.61. The van der Waals surface area contributed by atoms with Gasteiger partial charge >= 0.3 is 0 Å². The minimum Gasteiger partial charge on any atom is -0.369 e. The van der Waals surface area contributed by atoms with E-state index < -0.39 is 0 Å². The summed E-state index contributed by atoms with van der Waals surface area (Å²) in [5.41, 5.74) is 1.65. The molecule has 1 aliphatic heterocycles. The number of carbonyl (C=O) groups excluding carboxylic acids is 1. The summed E-state index contributed by atoms with van der Waals surface area (Å²) in [6.45, 7) is 5.26. The molecule has 1 aromatic carbocycles. The van der Waals surface area contributed by atoms with Crippen LogP contribution in [0.1, 0.15) is 17.3 Å². The Morgan fingerprint density at radius 1 is 1.41 bits per heavy atom. The van der Waals surface area contributed by atoms with Gasteiger partial charge in [-0.25, -0.2) is 0 Å². The molecule has 0 saturated carbocycles. The van der Waals surface area contributed by atoms with Crippen molar-refractivity contribution in [1.29, 1.82) is 0 Å². The Kier molecular flexibility index (Phi) is 3.69. The zero-order valence-corrected chi connectivity index (χ0v) is 10.9. The molecule has 0 amide bonds. The molecule has 1 aliphatic rings. The van der Waals surface area contributed by atoms with Gasteiger partial charge in [0.25, 0.3) is 0 Å². The Labute approximate surface area is 107 Å². The molecule has 1 heterocycles. The number of likely N-dealkylation sites (N-methyl/N-ethyl adjacent to an activating group) is 1. The van der Waals surface area contributed by atoms with E-state index in [1.165, 1.54) is 0 Å². The summed E-state index contributed by atoms with van der Waals surface area (Å²) in [6, 6.07) is 6.17. The van der Waals surface area contributed by atoms with E-state index in [-0.39, 0.29) is 0 Å². The van der Waals surface area contributed by atoms with Crippen LogP contribution >= 0.6 is 11.6 Å². The minimum absolute atomic E-state index is 0.532. The van der Waals surface area contributed by atoms with Gasteiger partial charge in [-0.2, -0.15) is 0 Å². The van der Waals surface area contributed by atoms with E-state index in [1.807, 2.05) is 12.1 Å². The van der Waals surface area contributed by atoms with Gasteiger partial charge in [-0.3, -0.25) is 4.79 Å². The van der Waals surface area contributed by atoms with Crippen LogP contribution in [-0.2, 0) is 0 Å². The van der Waals surface area contributed by atoms with Crippen molar-refractivity contribution >= 4 is 23.6 Å². The number of aldehydes is 1. The first-order chi connectivity index (χ1) is 8.11. The van der Waals surface area contributed by atoms with E-state index in [4.69, 9.17) is 11.6 Å². The van der Waals surface area contributed by atoms with Gasteiger partial charge in [0.05, 0.1) is 5.02 Å². The van der Waals surface area contributed by atoms with Crippen LogP contribution < -0.4 is 4.90 Å². The summed E-state index contributed by atoms with van der Waals surface area (Å²) in [5.74, 6) is 0. The lowest BCUT2D eigenvalue weighted by atomic mass is 10.1. The molecule has 0 aliphatic carbocycles. The Bertz CT molecular complexity index is 422. The van der Waals surface area contributed by atoms with Gasteiger partial charge in [-0.1, -0.05) is 11.6 Å². The third-order valence-corrected chi connectivity index (χ3v) is 3.76. The highest BCUT2D eigenvalue weighted by Gasteiger charge is 2.21. The number of anilines is 1. The zero-order valence-electron chi connectivity index (χ0n) is 10.2. The summed E-state index contributed by atoms with van der Waals surface area (Å²) in [7, 11) is 2.14. The lowest BCUT2D eigenvalue weighted by molar-refractivity contribution is 0.112. The van der Waals surface area contributed by atoms with Crippen LogP contribution in [0.25, 0.3) is 0 Å².